The van der Waals surface area contributed by atoms with Gasteiger partial charge in [-0.15, -0.1) is 11.3 Å². The van der Waals surface area contributed by atoms with E-state index in [-0.39, 0.29) is 6.04 Å². The van der Waals surface area contributed by atoms with Crippen molar-refractivity contribution in [1.29, 1.82) is 0 Å². The van der Waals surface area contributed by atoms with E-state index >= 15 is 0 Å². The van der Waals surface area contributed by atoms with Gasteiger partial charge in [-0.1, -0.05) is 0 Å². The molecule has 0 fully saturated rings. The van der Waals surface area contributed by atoms with E-state index in [1.807, 2.05) is 18.5 Å². The van der Waals surface area contributed by atoms with E-state index in [2.05, 4.69) is 36.7 Å². The van der Waals surface area contributed by atoms with Crippen molar-refractivity contribution in [3.63, 3.8) is 0 Å². The first-order valence-electron chi connectivity index (χ1n) is 6.02. The molecule has 3 aromatic rings. The SMILES string of the molecule is C1=NCc2sccc2C1Nc1ncnc2[nH]ccc12. The molecule has 0 radical (unpaired) electrons. The molecule has 3 aromatic heterocycles. The Balaban J connectivity index is 1.74. The van der Waals surface area contributed by atoms with Crippen molar-refractivity contribution in [2.24, 2.45) is 4.99 Å². The van der Waals surface area contributed by atoms with Crippen LogP contribution in [0.25, 0.3) is 11.0 Å². The highest BCUT2D eigenvalue weighted by Gasteiger charge is 2.19. The van der Waals surface area contributed by atoms with Crippen LogP contribution in [0.3, 0.4) is 0 Å². The lowest BCUT2D eigenvalue weighted by Gasteiger charge is -2.19. The molecule has 0 aliphatic carbocycles. The fourth-order valence-corrected chi connectivity index (χ4v) is 3.19. The van der Waals surface area contributed by atoms with Gasteiger partial charge in [-0.25, -0.2) is 9.97 Å². The van der Waals surface area contributed by atoms with E-state index in [9.17, 15) is 0 Å². The molecule has 0 aromatic carbocycles. The third-order valence-corrected chi connectivity index (χ3v) is 4.17. The molecule has 1 atom stereocenters. The summed E-state index contributed by atoms with van der Waals surface area (Å²) in [5, 5.41) is 6.55. The van der Waals surface area contributed by atoms with Gasteiger partial charge in [0.2, 0.25) is 0 Å². The lowest BCUT2D eigenvalue weighted by molar-refractivity contribution is 0.941. The van der Waals surface area contributed by atoms with Gasteiger partial charge < -0.3 is 10.3 Å². The van der Waals surface area contributed by atoms with Gasteiger partial charge in [0.05, 0.1) is 18.0 Å². The molecule has 0 spiro atoms. The van der Waals surface area contributed by atoms with Crippen LogP contribution in [0.4, 0.5) is 5.82 Å². The first-order valence-corrected chi connectivity index (χ1v) is 6.90. The molecule has 6 heteroatoms. The molecule has 4 rings (SSSR count). The van der Waals surface area contributed by atoms with Crippen LogP contribution in [0.5, 0.6) is 0 Å². The predicted octanol–water partition coefficient (Wildman–Crippen LogP) is 2.76. The number of H-pyrrole nitrogens is 1. The van der Waals surface area contributed by atoms with Gasteiger partial charge in [0.25, 0.3) is 0 Å². The van der Waals surface area contributed by atoms with Gasteiger partial charge in [0.1, 0.15) is 17.8 Å². The highest BCUT2D eigenvalue weighted by molar-refractivity contribution is 7.10. The number of hydrogen-bond acceptors (Lipinski definition) is 5. The minimum atomic E-state index is 0.0861. The summed E-state index contributed by atoms with van der Waals surface area (Å²) in [6, 6.07) is 4.22. The number of fused-ring (bicyclic) bond motifs is 2. The molecule has 94 valence electrons. The number of aliphatic imine (C=N–C) groups is 1. The van der Waals surface area contributed by atoms with E-state index in [4.69, 9.17) is 0 Å². The summed E-state index contributed by atoms with van der Waals surface area (Å²) in [6.07, 6.45) is 5.39. The number of nitrogens with one attached hydrogen (secondary N) is 2. The van der Waals surface area contributed by atoms with Crippen molar-refractivity contribution in [2.45, 2.75) is 12.6 Å². The van der Waals surface area contributed by atoms with Crippen molar-refractivity contribution in [1.82, 2.24) is 15.0 Å². The maximum absolute atomic E-state index is 4.41. The first kappa shape index (κ1) is 10.7. The third kappa shape index (κ3) is 1.72. The summed E-state index contributed by atoms with van der Waals surface area (Å²) in [4.78, 5) is 17.3. The lowest BCUT2D eigenvalue weighted by atomic mass is 10.1. The number of nitrogens with zero attached hydrogens (tertiary/aromatic N) is 3. The van der Waals surface area contributed by atoms with Crippen molar-refractivity contribution >= 4 is 34.4 Å². The molecule has 1 unspecified atom stereocenters. The van der Waals surface area contributed by atoms with Crippen molar-refractivity contribution in [3.05, 3.63) is 40.5 Å². The molecular weight excluding hydrogens is 258 g/mol. The van der Waals surface area contributed by atoms with Crippen LogP contribution in [0.15, 0.2) is 35.0 Å². The molecule has 4 heterocycles. The van der Waals surface area contributed by atoms with Crippen LogP contribution in [0.2, 0.25) is 0 Å². The van der Waals surface area contributed by atoms with E-state index < -0.39 is 0 Å². The van der Waals surface area contributed by atoms with Crippen LogP contribution in [0.1, 0.15) is 16.5 Å². The summed E-state index contributed by atoms with van der Waals surface area (Å²) in [5.74, 6) is 0.835. The Morgan fingerprint density at radius 3 is 3.32 bits per heavy atom. The monoisotopic (exact) mass is 269 g/mol. The molecule has 0 amide bonds. The van der Waals surface area contributed by atoms with Crippen LogP contribution in [-0.4, -0.2) is 21.2 Å². The molecule has 0 bridgehead atoms. The fraction of sp³-hybridized carbons (Fsp3) is 0.154. The number of aromatic nitrogens is 3. The number of aromatic amines is 1. The van der Waals surface area contributed by atoms with Crippen LogP contribution in [0, 0.1) is 0 Å². The Morgan fingerprint density at radius 1 is 1.32 bits per heavy atom. The number of thiophene rings is 1. The van der Waals surface area contributed by atoms with E-state index in [1.165, 1.54) is 10.4 Å². The van der Waals surface area contributed by atoms with Crippen molar-refractivity contribution < 1.29 is 0 Å². The number of hydrogen-bond donors (Lipinski definition) is 2. The highest BCUT2D eigenvalue weighted by Crippen LogP contribution is 2.30. The zero-order chi connectivity index (χ0) is 12.7. The average molecular weight is 269 g/mol. The largest absolute Gasteiger partial charge is 0.358 e. The number of anilines is 1. The Kier molecular flexibility index (Phi) is 2.34. The Labute approximate surface area is 113 Å². The average Bonchev–Trinajstić information content (AvgIpc) is 3.08. The summed E-state index contributed by atoms with van der Waals surface area (Å²) in [5.41, 5.74) is 2.14. The van der Waals surface area contributed by atoms with Crippen LogP contribution in [-0.2, 0) is 6.54 Å². The maximum Gasteiger partial charge on any atom is 0.142 e. The minimum absolute atomic E-state index is 0.0861. The van der Waals surface area contributed by atoms with Gasteiger partial charge in [-0.2, -0.15) is 0 Å². The zero-order valence-electron chi connectivity index (χ0n) is 10.00. The molecular formula is C13H11N5S. The summed E-state index contributed by atoms with van der Waals surface area (Å²) in [6.45, 7) is 0.786. The second-order valence-corrected chi connectivity index (χ2v) is 5.37. The van der Waals surface area contributed by atoms with Gasteiger partial charge in [-0.05, 0) is 23.1 Å². The second kappa shape index (κ2) is 4.17. The zero-order valence-corrected chi connectivity index (χ0v) is 10.8. The molecule has 2 N–H and O–H groups in total. The van der Waals surface area contributed by atoms with Gasteiger partial charge in [0, 0.05) is 17.3 Å². The second-order valence-electron chi connectivity index (χ2n) is 4.37. The Hall–Kier alpha value is -2.21. The molecule has 0 saturated heterocycles. The maximum atomic E-state index is 4.41. The lowest BCUT2D eigenvalue weighted by Crippen LogP contribution is -2.16. The predicted molar refractivity (Wildman–Crippen MR) is 76.8 cm³/mol. The van der Waals surface area contributed by atoms with E-state index in [0.29, 0.717) is 0 Å². The fourth-order valence-electron chi connectivity index (χ4n) is 2.33. The topological polar surface area (TPSA) is 66.0 Å². The summed E-state index contributed by atoms with van der Waals surface area (Å²) < 4.78 is 0. The van der Waals surface area contributed by atoms with Gasteiger partial charge in [-0.3, -0.25) is 4.99 Å². The third-order valence-electron chi connectivity index (χ3n) is 3.25. The molecule has 0 saturated carbocycles. The van der Waals surface area contributed by atoms with Gasteiger partial charge in [0.15, 0.2) is 0 Å². The standard InChI is InChI=1S/C13H11N5S/c1-3-15-12-9(1)13(17-7-16-12)18-10-5-14-6-11-8(10)2-4-19-11/h1-5,7,10H,6H2,(H2,15,16,17,18). The van der Waals surface area contributed by atoms with E-state index in [1.54, 1.807) is 17.7 Å². The Bertz CT molecular complexity index is 757. The summed E-state index contributed by atoms with van der Waals surface area (Å²) >= 11 is 1.75. The molecule has 19 heavy (non-hydrogen) atoms. The first-order chi connectivity index (χ1) is 9.42. The van der Waals surface area contributed by atoms with E-state index in [0.717, 1.165) is 23.4 Å². The van der Waals surface area contributed by atoms with Crippen LogP contribution < -0.4 is 5.32 Å². The Morgan fingerprint density at radius 2 is 2.32 bits per heavy atom. The van der Waals surface area contributed by atoms with Gasteiger partial charge >= 0.3 is 0 Å². The molecule has 1 aliphatic heterocycles. The smallest absolute Gasteiger partial charge is 0.142 e. The number of rotatable bonds is 2. The van der Waals surface area contributed by atoms with Crippen LogP contribution >= 0.6 is 11.3 Å². The normalized spacial score (nSPS) is 17.6. The van der Waals surface area contributed by atoms with Crippen molar-refractivity contribution in [3.8, 4) is 0 Å². The van der Waals surface area contributed by atoms with Crippen molar-refractivity contribution in [2.75, 3.05) is 5.32 Å². The molecule has 5 nitrogen and oxygen atoms in total. The molecule has 1 aliphatic rings. The summed E-state index contributed by atoms with van der Waals surface area (Å²) in [7, 11) is 0. The highest BCUT2D eigenvalue weighted by atomic mass is 32.1. The minimum Gasteiger partial charge on any atom is -0.358 e. The quantitative estimate of drug-likeness (QED) is 0.751.